The maximum Gasteiger partial charge on any atom is 0.348 e. The molecule has 0 saturated heterocycles. The number of thiophene rings is 2. The average Bonchev–Trinajstić information content (AvgIpc) is 3.30. The van der Waals surface area contributed by atoms with Gasteiger partial charge < -0.3 is 4.74 Å². The summed E-state index contributed by atoms with van der Waals surface area (Å²) in [7, 11) is 1.80. The molecule has 10 heteroatoms. The van der Waals surface area contributed by atoms with Crippen molar-refractivity contribution >= 4 is 50.7 Å². The Hall–Kier alpha value is -2.72. The van der Waals surface area contributed by atoms with Gasteiger partial charge in [-0.3, -0.25) is 25.1 Å². The lowest BCUT2D eigenvalue weighted by Gasteiger charge is -2.06. The van der Waals surface area contributed by atoms with E-state index in [2.05, 4.69) is 16.0 Å². The molecule has 2 N–H and O–H groups in total. The molecule has 130 valence electrons. The lowest BCUT2D eigenvalue weighted by Crippen LogP contribution is -2.43. The van der Waals surface area contributed by atoms with Crippen molar-refractivity contribution in [2.45, 2.75) is 6.92 Å². The van der Waals surface area contributed by atoms with Crippen LogP contribution >= 0.6 is 22.7 Å². The SMILES string of the molecule is Cc1nn(C)c2sc(C(=O)OCC(=O)NNC(=O)c3cccs3)cc12. The summed E-state index contributed by atoms with van der Waals surface area (Å²) < 4.78 is 6.67. The number of hydrogen-bond acceptors (Lipinski definition) is 7. The number of amides is 2. The van der Waals surface area contributed by atoms with E-state index in [4.69, 9.17) is 4.74 Å². The summed E-state index contributed by atoms with van der Waals surface area (Å²) in [5.74, 6) is -1.65. The molecule has 3 heterocycles. The number of esters is 1. The molecule has 0 bridgehead atoms. The molecule has 0 unspecified atom stereocenters. The molecule has 0 radical (unpaired) electrons. The van der Waals surface area contributed by atoms with Gasteiger partial charge in [-0.15, -0.1) is 22.7 Å². The third-order valence-electron chi connectivity index (χ3n) is 3.29. The molecule has 25 heavy (non-hydrogen) atoms. The largest absolute Gasteiger partial charge is 0.451 e. The van der Waals surface area contributed by atoms with Crippen LogP contribution in [0.25, 0.3) is 10.2 Å². The molecule has 3 aromatic rings. The minimum atomic E-state index is -0.628. The van der Waals surface area contributed by atoms with Gasteiger partial charge in [0.1, 0.15) is 9.71 Å². The van der Waals surface area contributed by atoms with E-state index in [0.717, 1.165) is 15.9 Å². The normalized spacial score (nSPS) is 10.6. The predicted molar refractivity (Wildman–Crippen MR) is 93.5 cm³/mol. The van der Waals surface area contributed by atoms with Crippen molar-refractivity contribution in [2.24, 2.45) is 7.05 Å². The lowest BCUT2D eigenvalue weighted by atomic mass is 10.3. The zero-order chi connectivity index (χ0) is 18.0. The van der Waals surface area contributed by atoms with Gasteiger partial charge in [0.05, 0.1) is 10.6 Å². The number of carbonyl (C=O) groups is 3. The van der Waals surface area contributed by atoms with Crippen LogP contribution in [0.1, 0.15) is 25.0 Å². The van der Waals surface area contributed by atoms with Crippen LogP contribution < -0.4 is 10.9 Å². The fourth-order valence-corrected chi connectivity index (χ4v) is 3.78. The van der Waals surface area contributed by atoms with Gasteiger partial charge in [0.2, 0.25) is 0 Å². The van der Waals surface area contributed by atoms with Gasteiger partial charge in [0, 0.05) is 12.4 Å². The first-order chi connectivity index (χ1) is 12.0. The highest BCUT2D eigenvalue weighted by Gasteiger charge is 2.17. The van der Waals surface area contributed by atoms with Crippen LogP contribution in [0.3, 0.4) is 0 Å². The summed E-state index contributed by atoms with van der Waals surface area (Å²) >= 11 is 2.50. The summed E-state index contributed by atoms with van der Waals surface area (Å²) in [4.78, 5) is 37.1. The number of hydrogen-bond donors (Lipinski definition) is 2. The molecular formula is C15H14N4O4S2. The van der Waals surface area contributed by atoms with Gasteiger partial charge in [0.25, 0.3) is 11.8 Å². The van der Waals surface area contributed by atoms with E-state index < -0.39 is 24.4 Å². The van der Waals surface area contributed by atoms with Gasteiger partial charge in [-0.25, -0.2) is 4.79 Å². The van der Waals surface area contributed by atoms with E-state index in [1.54, 1.807) is 35.3 Å². The van der Waals surface area contributed by atoms with E-state index in [9.17, 15) is 14.4 Å². The zero-order valence-electron chi connectivity index (χ0n) is 13.4. The molecule has 0 atom stereocenters. The molecule has 0 spiro atoms. The first-order valence-corrected chi connectivity index (χ1v) is 8.88. The van der Waals surface area contributed by atoms with Crippen molar-refractivity contribution in [1.29, 1.82) is 0 Å². The Balaban J connectivity index is 1.51. The van der Waals surface area contributed by atoms with E-state index in [-0.39, 0.29) is 0 Å². The molecular weight excluding hydrogens is 364 g/mol. The van der Waals surface area contributed by atoms with E-state index >= 15 is 0 Å². The van der Waals surface area contributed by atoms with Crippen molar-refractivity contribution in [3.63, 3.8) is 0 Å². The first kappa shape index (κ1) is 17.1. The van der Waals surface area contributed by atoms with Gasteiger partial charge in [-0.2, -0.15) is 5.10 Å². The van der Waals surface area contributed by atoms with Crippen LogP contribution in [0.4, 0.5) is 0 Å². The molecule has 0 aliphatic heterocycles. The Morgan fingerprint density at radius 1 is 1.28 bits per heavy atom. The highest BCUT2D eigenvalue weighted by atomic mass is 32.1. The van der Waals surface area contributed by atoms with Crippen LogP contribution in [0.5, 0.6) is 0 Å². The Kier molecular flexibility index (Phi) is 4.81. The molecule has 8 nitrogen and oxygen atoms in total. The van der Waals surface area contributed by atoms with Crippen LogP contribution in [-0.2, 0) is 16.6 Å². The molecule has 0 fully saturated rings. The van der Waals surface area contributed by atoms with Crippen molar-refractivity contribution in [3.8, 4) is 0 Å². The average molecular weight is 378 g/mol. The summed E-state index contributed by atoms with van der Waals surface area (Å²) in [6, 6.07) is 5.05. The van der Waals surface area contributed by atoms with Gasteiger partial charge >= 0.3 is 5.97 Å². The second kappa shape index (κ2) is 7.03. The Morgan fingerprint density at radius 3 is 2.76 bits per heavy atom. The van der Waals surface area contributed by atoms with E-state index in [0.29, 0.717) is 9.75 Å². The number of nitrogens with zero attached hydrogens (tertiary/aromatic N) is 2. The second-order valence-corrected chi connectivity index (χ2v) is 7.07. The fraction of sp³-hybridized carbons (Fsp3) is 0.200. The number of aryl methyl sites for hydroxylation is 2. The topological polar surface area (TPSA) is 102 Å². The highest BCUT2D eigenvalue weighted by Crippen LogP contribution is 2.27. The van der Waals surface area contributed by atoms with E-state index in [1.165, 1.54) is 22.7 Å². The predicted octanol–water partition coefficient (Wildman–Crippen LogP) is 1.62. The smallest absolute Gasteiger partial charge is 0.348 e. The third-order valence-corrected chi connectivity index (χ3v) is 5.34. The maximum absolute atomic E-state index is 12.1. The number of ether oxygens (including phenoxy) is 1. The zero-order valence-corrected chi connectivity index (χ0v) is 15.0. The number of nitrogens with one attached hydrogen (secondary N) is 2. The van der Waals surface area contributed by atoms with Crippen molar-refractivity contribution in [2.75, 3.05) is 6.61 Å². The van der Waals surface area contributed by atoms with E-state index in [1.807, 2.05) is 6.92 Å². The Morgan fingerprint density at radius 2 is 2.08 bits per heavy atom. The summed E-state index contributed by atoms with van der Waals surface area (Å²) in [5, 5.41) is 6.89. The molecule has 0 aliphatic carbocycles. The van der Waals surface area contributed by atoms with Gasteiger partial charge in [-0.05, 0) is 24.4 Å². The van der Waals surface area contributed by atoms with Crippen molar-refractivity contribution in [1.82, 2.24) is 20.6 Å². The van der Waals surface area contributed by atoms with Crippen molar-refractivity contribution < 1.29 is 19.1 Å². The molecule has 2 amide bonds. The van der Waals surface area contributed by atoms with Crippen LogP contribution in [-0.4, -0.2) is 34.2 Å². The summed E-state index contributed by atoms with van der Waals surface area (Å²) in [6.07, 6.45) is 0. The minimum Gasteiger partial charge on any atom is -0.451 e. The maximum atomic E-state index is 12.1. The quantitative estimate of drug-likeness (QED) is 0.531. The van der Waals surface area contributed by atoms with Crippen LogP contribution in [0.15, 0.2) is 23.6 Å². The third kappa shape index (κ3) is 3.69. The van der Waals surface area contributed by atoms with Crippen LogP contribution in [0.2, 0.25) is 0 Å². The standard InChI is InChI=1S/C15H14N4O4S2/c1-8-9-6-11(25-14(9)19(2)18-8)15(22)23-7-12(20)16-17-13(21)10-4-3-5-24-10/h3-6H,7H2,1-2H3,(H,16,20)(H,17,21). The van der Waals surface area contributed by atoms with Gasteiger partial charge in [-0.1, -0.05) is 6.07 Å². The molecule has 0 aromatic carbocycles. The fourth-order valence-electron chi connectivity index (χ4n) is 2.14. The molecule has 0 saturated carbocycles. The Labute approximate surface area is 150 Å². The Bertz CT molecular complexity index is 908. The summed E-state index contributed by atoms with van der Waals surface area (Å²) in [5.41, 5.74) is 5.27. The molecule has 3 aromatic heterocycles. The minimum absolute atomic E-state index is 0.390. The monoisotopic (exact) mass is 378 g/mol. The lowest BCUT2D eigenvalue weighted by molar-refractivity contribution is -0.125. The number of hydrazine groups is 1. The molecule has 0 aliphatic rings. The number of carbonyl (C=O) groups excluding carboxylic acids is 3. The van der Waals surface area contributed by atoms with Crippen LogP contribution in [0, 0.1) is 6.92 Å². The molecule has 3 rings (SSSR count). The first-order valence-electron chi connectivity index (χ1n) is 7.18. The van der Waals surface area contributed by atoms with Gasteiger partial charge in [0.15, 0.2) is 6.61 Å². The number of aromatic nitrogens is 2. The van der Waals surface area contributed by atoms with Crippen molar-refractivity contribution in [3.05, 3.63) is 39.0 Å². The number of fused-ring (bicyclic) bond motifs is 1. The highest BCUT2D eigenvalue weighted by molar-refractivity contribution is 7.20. The second-order valence-electron chi connectivity index (χ2n) is 5.09. The summed E-state index contributed by atoms with van der Waals surface area (Å²) in [6.45, 7) is 1.36. The number of rotatable bonds is 4.